The van der Waals surface area contributed by atoms with Crippen LogP contribution in [0.15, 0.2) is 35.4 Å². The SMILES string of the molecule is CC(C)=CCCC(C)=CCc1c(O)cc(CCCC(=O)O)cc1O. The minimum atomic E-state index is -0.839. The number of rotatable bonds is 9. The van der Waals surface area contributed by atoms with Crippen molar-refractivity contribution >= 4 is 5.97 Å². The lowest BCUT2D eigenvalue weighted by atomic mass is 10.0. The minimum Gasteiger partial charge on any atom is -0.508 e. The highest BCUT2D eigenvalue weighted by molar-refractivity contribution is 5.66. The third kappa shape index (κ3) is 7.36. The minimum absolute atomic E-state index is 0.0636. The zero-order valence-corrected chi connectivity index (χ0v) is 14.8. The van der Waals surface area contributed by atoms with Crippen LogP contribution >= 0.6 is 0 Å². The molecule has 0 heterocycles. The van der Waals surface area contributed by atoms with Crippen LogP contribution in [0.25, 0.3) is 0 Å². The molecule has 1 rings (SSSR count). The van der Waals surface area contributed by atoms with Gasteiger partial charge in [-0.2, -0.15) is 0 Å². The van der Waals surface area contributed by atoms with E-state index < -0.39 is 5.97 Å². The number of carbonyl (C=O) groups is 1. The predicted molar refractivity (Wildman–Crippen MR) is 96.5 cm³/mol. The lowest BCUT2D eigenvalue weighted by molar-refractivity contribution is -0.137. The van der Waals surface area contributed by atoms with Gasteiger partial charge < -0.3 is 15.3 Å². The molecule has 0 spiro atoms. The number of benzene rings is 1. The number of aromatic hydroxyl groups is 2. The summed E-state index contributed by atoms with van der Waals surface area (Å²) in [5.74, 6) is -0.712. The van der Waals surface area contributed by atoms with Gasteiger partial charge >= 0.3 is 5.97 Å². The van der Waals surface area contributed by atoms with Crippen molar-refractivity contribution in [3.05, 3.63) is 46.6 Å². The van der Waals surface area contributed by atoms with Gasteiger partial charge in [0.05, 0.1) is 0 Å². The van der Waals surface area contributed by atoms with E-state index >= 15 is 0 Å². The number of phenols is 2. The second kappa shape index (κ2) is 9.81. The number of allylic oxidation sites excluding steroid dienone is 4. The molecule has 0 unspecified atom stereocenters. The summed E-state index contributed by atoms with van der Waals surface area (Å²) < 4.78 is 0. The van der Waals surface area contributed by atoms with Crippen molar-refractivity contribution in [1.82, 2.24) is 0 Å². The first-order chi connectivity index (χ1) is 11.3. The van der Waals surface area contributed by atoms with Crippen LogP contribution < -0.4 is 0 Å². The number of hydrogen-bond donors (Lipinski definition) is 3. The highest BCUT2D eigenvalue weighted by Crippen LogP contribution is 2.30. The Morgan fingerprint density at radius 1 is 1.04 bits per heavy atom. The number of aryl methyl sites for hydroxylation is 1. The molecule has 3 N–H and O–H groups in total. The maximum absolute atomic E-state index is 10.5. The van der Waals surface area contributed by atoms with Crippen LogP contribution in [0, 0.1) is 0 Å². The Labute approximate surface area is 144 Å². The van der Waals surface area contributed by atoms with E-state index in [4.69, 9.17) is 5.11 Å². The van der Waals surface area contributed by atoms with Crippen LogP contribution in [0.5, 0.6) is 11.5 Å². The van der Waals surface area contributed by atoms with Gasteiger partial charge in [-0.05, 0) is 70.6 Å². The standard InChI is InChI=1S/C20H28O4/c1-14(2)6-4-7-15(3)10-11-17-18(21)12-16(13-19(17)22)8-5-9-20(23)24/h6,10,12-13,21-22H,4-5,7-9,11H2,1-3H3,(H,23,24). The molecule has 1 aromatic rings. The molecule has 0 fully saturated rings. The van der Waals surface area contributed by atoms with Gasteiger partial charge in [0.25, 0.3) is 0 Å². The molecule has 4 nitrogen and oxygen atoms in total. The number of carboxylic acids is 1. The fraction of sp³-hybridized carbons (Fsp3) is 0.450. The molecular formula is C20H28O4. The van der Waals surface area contributed by atoms with Crippen LogP contribution in [-0.4, -0.2) is 21.3 Å². The van der Waals surface area contributed by atoms with Gasteiger partial charge in [0.1, 0.15) is 11.5 Å². The van der Waals surface area contributed by atoms with E-state index in [2.05, 4.69) is 19.9 Å². The molecular weight excluding hydrogens is 304 g/mol. The van der Waals surface area contributed by atoms with Crippen molar-refractivity contribution in [2.24, 2.45) is 0 Å². The Kier molecular flexibility index (Phi) is 8.10. The summed E-state index contributed by atoms with van der Waals surface area (Å²) in [4.78, 5) is 10.5. The van der Waals surface area contributed by atoms with Gasteiger partial charge in [-0.1, -0.05) is 23.3 Å². The highest BCUT2D eigenvalue weighted by atomic mass is 16.4. The molecule has 132 valence electrons. The molecule has 0 saturated carbocycles. The molecule has 0 aliphatic rings. The van der Waals surface area contributed by atoms with Gasteiger partial charge in [0, 0.05) is 12.0 Å². The number of carboxylic acid groups (broad SMARTS) is 1. The van der Waals surface area contributed by atoms with Crippen molar-refractivity contribution in [2.75, 3.05) is 0 Å². The summed E-state index contributed by atoms with van der Waals surface area (Å²) in [6.07, 6.45) is 7.73. The summed E-state index contributed by atoms with van der Waals surface area (Å²) in [6, 6.07) is 3.23. The Hall–Kier alpha value is -2.23. The number of aliphatic carboxylic acids is 1. The maximum atomic E-state index is 10.5. The first-order valence-electron chi connectivity index (χ1n) is 8.34. The van der Waals surface area contributed by atoms with Crippen molar-refractivity contribution in [2.45, 2.75) is 59.3 Å². The Morgan fingerprint density at radius 3 is 2.21 bits per heavy atom. The zero-order chi connectivity index (χ0) is 18.1. The second-order valence-corrected chi connectivity index (χ2v) is 6.43. The molecule has 0 radical (unpaired) electrons. The summed E-state index contributed by atoms with van der Waals surface area (Å²) in [7, 11) is 0. The molecule has 0 atom stereocenters. The van der Waals surface area contributed by atoms with E-state index in [1.165, 1.54) is 11.1 Å². The average molecular weight is 332 g/mol. The largest absolute Gasteiger partial charge is 0.508 e. The lowest BCUT2D eigenvalue weighted by Gasteiger charge is -2.09. The quantitative estimate of drug-likeness (QED) is 0.571. The smallest absolute Gasteiger partial charge is 0.303 e. The zero-order valence-electron chi connectivity index (χ0n) is 14.8. The molecule has 0 aliphatic carbocycles. The van der Waals surface area contributed by atoms with E-state index in [-0.39, 0.29) is 17.9 Å². The monoisotopic (exact) mass is 332 g/mol. The van der Waals surface area contributed by atoms with Crippen LogP contribution in [0.1, 0.15) is 57.6 Å². The van der Waals surface area contributed by atoms with Crippen molar-refractivity contribution in [3.63, 3.8) is 0 Å². The Morgan fingerprint density at radius 2 is 1.67 bits per heavy atom. The Balaban J connectivity index is 2.68. The average Bonchev–Trinajstić information content (AvgIpc) is 2.45. The summed E-state index contributed by atoms with van der Waals surface area (Å²) in [5, 5.41) is 28.9. The molecule has 0 aliphatic heterocycles. The maximum Gasteiger partial charge on any atom is 0.303 e. The van der Waals surface area contributed by atoms with Gasteiger partial charge in [-0.15, -0.1) is 0 Å². The molecule has 0 aromatic heterocycles. The van der Waals surface area contributed by atoms with Crippen LogP contribution in [0.4, 0.5) is 0 Å². The van der Waals surface area contributed by atoms with E-state index in [1.807, 2.05) is 13.0 Å². The van der Waals surface area contributed by atoms with Gasteiger partial charge in [-0.3, -0.25) is 4.79 Å². The molecule has 0 bridgehead atoms. The Bertz CT molecular complexity index is 600. The van der Waals surface area contributed by atoms with E-state index in [0.29, 0.717) is 24.8 Å². The van der Waals surface area contributed by atoms with Crippen molar-refractivity contribution in [1.29, 1.82) is 0 Å². The lowest BCUT2D eigenvalue weighted by Crippen LogP contribution is -1.96. The van der Waals surface area contributed by atoms with E-state index in [1.54, 1.807) is 12.1 Å². The highest BCUT2D eigenvalue weighted by Gasteiger charge is 2.09. The molecule has 0 saturated heterocycles. The third-order valence-electron chi connectivity index (χ3n) is 3.86. The summed E-state index contributed by atoms with van der Waals surface area (Å²) in [6.45, 7) is 6.20. The van der Waals surface area contributed by atoms with Crippen LogP contribution in [0.2, 0.25) is 0 Å². The molecule has 24 heavy (non-hydrogen) atoms. The molecule has 4 heteroatoms. The van der Waals surface area contributed by atoms with E-state index in [0.717, 1.165) is 18.4 Å². The topological polar surface area (TPSA) is 77.8 Å². The normalized spacial score (nSPS) is 11.4. The number of hydrogen-bond acceptors (Lipinski definition) is 3. The fourth-order valence-electron chi connectivity index (χ4n) is 2.46. The fourth-order valence-corrected chi connectivity index (χ4v) is 2.46. The third-order valence-corrected chi connectivity index (χ3v) is 3.86. The number of phenolic OH excluding ortho intramolecular Hbond substituents is 2. The van der Waals surface area contributed by atoms with Gasteiger partial charge in [0.15, 0.2) is 0 Å². The van der Waals surface area contributed by atoms with Crippen molar-refractivity contribution < 1.29 is 20.1 Å². The molecule has 0 amide bonds. The second-order valence-electron chi connectivity index (χ2n) is 6.43. The van der Waals surface area contributed by atoms with Gasteiger partial charge in [0.2, 0.25) is 0 Å². The first-order valence-corrected chi connectivity index (χ1v) is 8.34. The first kappa shape index (κ1) is 19.8. The van der Waals surface area contributed by atoms with E-state index in [9.17, 15) is 15.0 Å². The summed E-state index contributed by atoms with van der Waals surface area (Å²) in [5.41, 5.74) is 3.78. The van der Waals surface area contributed by atoms with Crippen molar-refractivity contribution in [3.8, 4) is 11.5 Å². The summed E-state index contributed by atoms with van der Waals surface area (Å²) >= 11 is 0. The van der Waals surface area contributed by atoms with Crippen LogP contribution in [-0.2, 0) is 17.6 Å². The van der Waals surface area contributed by atoms with Crippen LogP contribution in [0.3, 0.4) is 0 Å². The molecule has 1 aromatic carbocycles. The predicted octanol–water partition coefficient (Wildman–Crippen LogP) is 4.74. The van der Waals surface area contributed by atoms with Gasteiger partial charge in [-0.25, -0.2) is 0 Å².